The average Bonchev–Trinajstić information content (AvgIpc) is 2.36. The number of pyridine rings is 2. The lowest BCUT2D eigenvalue weighted by atomic mass is 10.1. The van der Waals surface area contributed by atoms with Crippen molar-refractivity contribution in [1.29, 1.82) is 0 Å². The van der Waals surface area contributed by atoms with Gasteiger partial charge in [-0.25, -0.2) is 0 Å². The Kier molecular flexibility index (Phi) is 4.73. The van der Waals surface area contributed by atoms with E-state index in [9.17, 15) is 0 Å². The summed E-state index contributed by atoms with van der Waals surface area (Å²) in [5.74, 6) is 1.45. The van der Waals surface area contributed by atoms with Crippen LogP contribution in [0, 0.1) is 0 Å². The molecular weight excluding hydrogens is 318 g/mol. The second-order valence-corrected chi connectivity index (χ2v) is 6.44. The van der Waals surface area contributed by atoms with Gasteiger partial charge in [0.05, 0.1) is 11.9 Å². The summed E-state index contributed by atoms with van der Waals surface area (Å²) in [4.78, 5) is 8.41. The number of rotatable bonds is 4. The van der Waals surface area contributed by atoms with Crippen LogP contribution in [0.3, 0.4) is 0 Å². The van der Waals surface area contributed by atoms with Crippen molar-refractivity contribution < 1.29 is 4.74 Å². The molecule has 0 amide bonds. The predicted octanol–water partition coefficient (Wildman–Crippen LogP) is 3.92. The zero-order chi connectivity index (χ0) is 14.6. The summed E-state index contributed by atoms with van der Waals surface area (Å²) in [6.45, 7) is 7.08. The largest absolute Gasteiger partial charge is 0.456 e. The van der Waals surface area contributed by atoms with E-state index < -0.39 is 0 Å². The molecule has 0 saturated heterocycles. The van der Waals surface area contributed by atoms with Crippen molar-refractivity contribution in [3.05, 3.63) is 47.0 Å². The SMILES string of the molecule is CC(C)(C)NCc1cc(Oc2cncc(Br)c2)ccn1. The minimum Gasteiger partial charge on any atom is -0.456 e. The summed E-state index contributed by atoms with van der Waals surface area (Å²) in [6, 6.07) is 5.64. The van der Waals surface area contributed by atoms with E-state index in [1.54, 1.807) is 18.6 Å². The van der Waals surface area contributed by atoms with Gasteiger partial charge in [0.1, 0.15) is 11.5 Å². The Morgan fingerprint density at radius 2 is 2.00 bits per heavy atom. The first-order valence-electron chi connectivity index (χ1n) is 6.41. The molecule has 2 aromatic rings. The van der Waals surface area contributed by atoms with Gasteiger partial charge in [0, 0.05) is 35.0 Å². The molecule has 0 atom stereocenters. The van der Waals surface area contributed by atoms with Crippen LogP contribution >= 0.6 is 15.9 Å². The summed E-state index contributed by atoms with van der Waals surface area (Å²) in [5.41, 5.74) is 1.01. The first-order chi connectivity index (χ1) is 9.42. The average molecular weight is 336 g/mol. The molecule has 0 aromatic carbocycles. The highest BCUT2D eigenvalue weighted by atomic mass is 79.9. The Morgan fingerprint density at radius 1 is 1.20 bits per heavy atom. The Labute approximate surface area is 127 Å². The summed E-state index contributed by atoms with van der Waals surface area (Å²) in [7, 11) is 0. The first kappa shape index (κ1) is 14.9. The number of nitrogens with one attached hydrogen (secondary N) is 1. The van der Waals surface area contributed by atoms with Crippen molar-refractivity contribution in [2.24, 2.45) is 0 Å². The van der Waals surface area contributed by atoms with Crippen LogP contribution in [-0.2, 0) is 6.54 Å². The van der Waals surface area contributed by atoms with Gasteiger partial charge < -0.3 is 10.1 Å². The predicted molar refractivity (Wildman–Crippen MR) is 82.8 cm³/mol. The Morgan fingerprint density at radius 3 is 2.70 bits per heavy atom. The van der Waals surface area contributed by atoms with Crippen LogP contribution in [0.5, 0.6) is 11.5 Å². The molecule has 0 spiro atoms. The monoisotopic (exact) mass is 335 g/mol. The van der Waals surface area contributed by atoms with E-state index >= 15 is 0 Å². The van der Waals surface area contributed by atoms with Crippen LogP contribution in [0.25, 0.3) is 0 Å². The van der Waals surface area contributed by atoms with E-state index in [-0.39, 0.29) is 5.54 Å². The number of ether oxygens (including phenoxy) is 1. The molecule has 0 unspecified atom stereocenters. The van der Waals surface area contributed by atoms with Gasteiger partial charge in [-0.05, 0) is 48.8 Å². The van der Waals surface area contributed by atoms with E-state index in [0.29, 0.717) is 12.3 Å². The first-order valence-corrected chi connectivity index (χ1v) is 7.20. The number of hydrogen-bond acceptors (Lipinski definition) is 4. The fourth-order valence-electron chi connectivity index (χ4n) is 1.56. The molecule has 0 bridgehead atoms. The summed E-state index contributed by atoms with van der Waals surface area (Å²) < 4.78 is 6.66. The van der Waals surface area contributed by atoms with Gasteiger partial charge in [0.15, 0.2) is 0 Å². The summed E-state index contributed by atoms with van der Waals surface area (Å²) in [5, 5.41) is 3.40. The number of nitrogens with zero attached hydrogens (tertiary/aromatic N) is 2. The molecule has 1 N–H and O–H groups in total. The van der Waals surface area contributed by atoms with Crippen molar-refractivity contribution in [2.45, 2.75) is 32.9 Å². The van der Waals surface area contributed by atoms with Gasteiger partial charge in [-0.1, -0.05) is 0 Å². The fourth-order valence-corrected chi connectivity index (χ4v) is 1.90. The van der Waals surface area contributed by atoms with Crippen molar-refractivity contribution in [3.63, 3.8) is 0 Å². The smallest absolute Gasteiger partial charge is 0.146 e. The fraction of sp³-hybridized carbons (Fsp3) is 0.333. The van der Waals surface area contributed by atoms with Crippen LogP contribution in [0.2, 0.25) is 0 Å². The van der Waals surface area contributed by atoms with Gasteiger partial charge in [0.2, 0.25) is 0 Å². The highest BCUT2D eigenvalue weighted by Crippen LogP contribution is 2.23. The Hall–Kier alpha value is -1.46. The lowest BCUT2D eigenvalue weighted by Crippen LogP contribution is -2.35. The number of hydrogen-bond donors (Lipinski definition) is 1. The molecule has 0 fully saturated rings. The second-order valence-electron chi connectivity index (χ2n) is 5.53. The van der Waals surface area contributed by atoms with Gasteiger partial charge in [-0.2, -0.15) is 0 Å². The van der Waals surface area contributed by atoms with Crippen molar-refractivity contribution in [2.75, 3.05) is 0 Å². The van der Waals surface area contributed by atoms with E-state index in [2.05, 4.69) is 52.0 Å². The third kappa shape index (κ3) is 4.90. The molecule has 20 heavy (non-hydrogen) atoms. The zero-order valence-corrected chi connectivity index (χ0v) is 13.4. The maximum absolute atomic E-state index is 5.77. The lowest BCUT2D eigenvalue weighted by molar-refractivity contribution is 0.419. The second kappa shape index (κ2) is 6.33. The summed E-state index contributed by atoms with van der Waals surface area (Å²) >= 11 is 3.37. The van der Waals surface area contributed by atoms with Crippen LogP contribution in [0.1, 0.15) is 26.5 Å². The molecule has 0 aliphatic rings. The van der Waals surface area contributed by atoms with E-state index in [0.717, 1.165) is 15.9 Å². The molecule has 2 aromatic heterocycles. The van der Waals surface area contributed by atoms with Gasteiger partial charge >= 0.3 is 0 Å². The van der Waals surface area contributed by atoms with Gasteiger partial charge in [-0.15, -0.1) is 0 Å². The molecular formula is C15H18BrN3O. The van der Waals surface area contributed by atoms with Crippen molar-refractivity contribution in [3.8, 4) is 11.5 Å². The van der Waals surface area contributed by atoms with Gasteiger partial charge in [0.25, 0.3) is 0 Å². The molecule has 4 nitrogen and oxygen atoms in total. The van der Waals surface area contributed by atoms with Crippen LogP contribution in [-0.4, -0.2) is 15.5 Å². The summed E-state index contributed by atoms with van der Waals surface area (Å²) in [6.07, 6.45) is 5.15. The minimum absolute atomic E-state index is 0.0623. The van der Waals surface area contributed by atoms with E-state index in [1.165, 1.54) is 0 Å². The lowest BCUT2D eigenvalue weighted by Gasteiger charge is -2.20. The van der Waals surface area contributed by atoms with Gasteiger partial charge in [-0.3, -0.25) is 9.97 Å². The van der Waals surface area contributed by atoms with Crippen molar-refractivity contribution >= 4 is 15.9 Å². The topological polar surface area (TPSA) is 47.0 Å². The molecule has 0 aliphatic carbocycles. The molecule has 2 heterocycles. The van der Waals surface area contributed by atoms with E-state index in [1.807, 2.05) is 18.2 Å². The Bertz CT molecular complexity index is 581. The Balaban J connectivity index is 2.06. The number of aromatic nitrogens is 2. The molecule has 0 radical (unpaired) electrons. The molecule has 106 valence electrons. The minimum atomic E-state index is 0.0623. The number of halogens is 1. The molecule has 0 aliphatic heterocycles. The van der Waals surface area contributed by atoms with E-state index in [4.69, 9.17) is 4.74 Å². The molecule has 2 rings (SSSR count). The van der Waals surface area contributed by atoms with Crippen LogP contribution in [0.15, 0.2) is 41.3 Å². The highest BCUT2D eigenvalue weighted by molar-refractivity contribution is 9.10. The van der Waals surface area contributed by atoms with Crippen LogP contribution < -0.4 is 10.1 Å². The zero-order valence-electron chi connectivity index (χ0n) is 11.9. The quantitative estimate of drug-likeness (QED) is 0.919. The third-order valence-electron chi connectivity index (χ3n) is 2.50. The molecule has 0 saturated carbocycles. The highest BCUT2D eigenvalue weighted by Gasteiger charge is 2.09. The van der Waals surface area contributed by atoms with Crippen LogP contribution in [0.4, 0.5) is 0 Å². The maximum Gasteiger partial charge on any atom is 0.146 e. The molecule has 5 heteroatoms. The maximum atomic E-state index is 5.77. The van der Waals surface area contributed by atoms with Crippen molar-refractivity contribution in [1.82, 2.24) is 15.3 Å². The standard InChI is InChI=1S/C15H18BrN3O/c1-15(2,3)19-9-12-7-13(4-5-18-12)20-14-6-11(16)8-17-10-14/h4-8,10,19H,9H2,1-3H3. The third-order valence-corrected chi connectivity index (χ3v) is 2.94. The normalized spacial score (nSPS) is 11.4.